The van der Waals surface area contributed by atoms with Crippen molar-refractivity contribution in [2.24, 2.45) is 0 Å². The van der Waals surface area contributed by atoms with Gasteiger partial charge in [-0.15, -0.1) is 0 Å². The lowest BCUT2D eigenvalue weighted by molar-refractivity contribution is -0.125. The number of carbonyl (C=O) groups is 2. The maximum Gasteiger partial charge on any atom is 0.275 e. The molecule has 0 amide bonds. The zero-order chi connectivity index (χ0) is 56.5. The summed E-state index contributed by atoms with van der Waals surface area (Å²) in [6, 6.07) is 0. The normalized spacial score (nSPS) is 11.0. The van der Waals surface area contributed by atoms with Crippen LogP contribution in [0.5, 0.6) is 0 Å². The predicted octanol–water partition coefficient (Wildman–Crippen LogP) is 9.66. The van der Waals surface area contributed by atoms with E-state index in [1.807, 2.05) is 13.8 Å². The van der Waals surface area contributed by atoms with Gasteiger partial charge >= 0.3 is 0 Å². The van der Waals surface area contributed by atoms with Crippen LogP contribution in [0.15, 0.2) is 119 Å². The Balaban J connectivity index is 0.000000118. The quantitative estimate of drug-likeness (QED) is 0.0507. The Labute approximate surface area is 500 Å². The summed E-state index contributed by atoms with van der Waals surface area (Å²) in [6.07, 6.45) is 27.7. The molecule has 0 aliphatic heterocycles. The van der Waals surface area contributed by atoms with E-state index in [9.17, 15) is 9.59 Å². The Kier molecular flexibility index (Phi) is 16.4. The van der Waals surface area contributed by atoms with Crippen molar-refractivity contribution in [1.29, 1.82) is 0 Å². The molecule has 0 radical (unpaired) electrons. The molecule has 0 saturated carbocycles. The molecule has 0 spiro atoms. The topological polar surface area (TPSA) is 370 Å². The predicted molar refractivity (Wildman–Crippen MR) is 326 cm³/mol. The summed E-state index contributed by atoms with van der Waals surface area (Å²) in [4.78, 5) is 115. The van der Waals surface area contributed by atoms with Crippen LogP contribution in [0.3, 0.4) is 0 Å². The number of anilines is 2. The lowest BCUT2D eigenvalue weighted by atomic mass is 10.2. The van der Waals surface area contributed by atoms with Gasteiger partial charge in [-0.25, -0.2) is 24.9 Å². The van der Waals surface area contributed by atoms with Crippen molar-refractivity contribution in [3.63, 3.8) is 0 Å². The van der Waals surface area contributed by atoms with E-state index in [0.29, 0.717) is 141 Å². The van der Waals surface area contributed by atoms with Crippen LogP contribution in [0.1, 0.15) is 18.8 Å². The van der Waals surface area contributed by atoms with E-state index in [-0.39, 0.29) is 7.43 Å². The first-order chi connectivity index (χ1) is 39.3. The average molecular weight is 1410 g/mol. The van der Waals surface area contributed by atoms with Crippen molar-refractivity contribution in [2.75, 3.05) is 11.5 Å². The van der Waals surface area contributed by atoms with Crippen molar-refractivity contribution in [1.82, 2.24) is 110 Å². The number of hydrogen-bond donors (Lipinski definition) is 2. The fourth-order valence-electron chi connectivity index (χ4n) is 8.15. The Bertz CT molecular complexity index is 4630. The molecular formula is C51H31Br5N24O2. The number of hydrogen-bond acceptors (Lipinski definition) is 26. The summed E-state index contributed by atoms with van der Waals surface area (Å²) in [5, 5.41) is 0. The van der Waals surface area contributed by atoms with Gasteiger partial charge in [0.25, 0.3) is 9.39 Å². The first-order valence-corrected chi connectivity index (χ1v) is 27.0. The van der Waals surface area contributed by atoms with Gasteiger partial charge in [0.2, 0.25) is 0 Å². The van der Waals surface area contributed by atoms with Gasteiger partial charge in [-0.2, -0.15) is 0 Å². The molecule has 11 heterocycles. The molecule has 15 rings (SSSR count). The fourth-order valence-corrected chi connectivity index (χ4v) is 8.95. The number of fused-ring (bicyclic) bond motifs is 21. The molecule has 402 valence electrons. The lowest BCUT2D eigenvalue weighted by Gasteiger charge is -2.07. The molecule has 31 heteroatoms. The van der Waals surface area contributed by atoms with E-state index in [4.69, 9.17) is 11.5 Å². The van der Waals surface area contributed by atoms with Crippen LogP contribution in [-0.4, -0.2) is 119 Å². The second kappa shape index (κ2) is 24.0. The summed E-state index contributed by atoms with van der Waals surface area (Å²) in [5.41, 5.74) is 28.9. The minimum absolute atomic E-state index is 0. The molecule has 0 saturated heterocycles. The van der Waals surface area contributed by atoms with Gasteiger partial charge in [0.05, 0.1) is 22.8 Å². The van der Waals surface area contributed by atoms with Crippen LogP contribution in [-0.2, 0) is 9.59 Å². The molecule has 26 nitrogen and oxygen atoms in total. The lowest BCUT2D eigenvalue weighted by Crippen LogP contribution is -2.01. The molecule has 0 unspecified atom stereocenters. The van der Waals surface area contributed by atoms with Crippen LogP contribution >= 0.6 is 79.6 Å². The minimum atomic E-state index is -0.650. The molecule has 0 atom stereocenters. The van der Waals surface area contributed by atoms with Crippen molar-refractivity contribution < 1.29 is 9.59 Å². The molecule has 4 N–H and O–H groups in total. The third-order valence-electron chi connectivity index (χ3n) is 11.5. The smallest absolute Gasteiger partial charge is 0.275 e. The highest BCUT2D eigenvalue weighted by molar-refractivity contribution is 9.24. The molecule has 4 aromatic carbocycles. The number of nitrogen functional groups attached to an aromatic ring is 2. The Morgan fingerprint density at radius 3 is 0.756 bits per heavy atom. The number of benzene rings is 4. The van der Waals surface area contributed by atoms with Gasteiger partial charge in [-0.1, -0.05) is 7.43 Å². The molecule has 11 aromatic heterocycles. The number of nitrogens with zero attached hydrogens (tertiary/aromatic N) is 22. The zero-order valence-electron chi connectivity index (χ0n) is 41.0. The molecule has 82 heavy (non-hydrogen) atoms. The van der Waals surface area contributed by atoms with Gasteiger partial charge in [0.1, 0.15) is 135 Å². The largest absolute Gasteiger partial charge is 0.395 e. The van der Waals surface area contributed by atoms with Crippen molar-refractivity contribution in [3.05, 3.63) is 131 Å². The first-order valence-electron chi connectivity index (χ1n) is 23.1. The Hall–Kier alpha value is -9.04. The van der Waals surface area contributed by atoms with E-state index in [1.54, 1.807) is 105 Å². The highest BCUT2D eigenvalue weighted by Gasteiger charge is 2.19. The first kappa shape index (κ1) is 56.2. The van der Waals surface area contributed by atoms with Crippen LogP contribution in [0, 0.1) is 13.8 Å². The number of nitrogens with two attached hydrogens (primary N) is 2. The van der Waals surface area contributed by atoms with Crippen LogP contribution in [0.25, 0.3) is 121 Å². The van der Waals surface area contributed by atoms with Crippen molar-refractivity contribution >= 4 is 222 Å². The number of rotatable bonds is 1. The monoisotopic (exact) mass is 1410 g/mol. The van der Waals surface area contributed by atoms with Crippen molar-refractivity contribution in [3.8, 4) is 0 Å². The standard InChI is InChI=1S/C13H7BrN6.C13H8N6.C12H4Br2N6.C10H8N6.C2Br2O2.CH4/c1-6-13(14)20-12-10-8(16-3-5-18-10)7-9(11(12)19-6)17-4-2-15-7;1-7-6-18-12-10-8(14-2-3-16-10)9-11(13(12)19-7)17-5-4-15-9;13-11-12(14)20-10-8-6(16-2-4-18-8)5-7(9(10)19-11)17-3-1-15-5;11-5-6(12)8-10(16-4-2-14-8)9-7(5)13-1-3-15-9;3-1(5)2(4)6;/h2-5H,1H3;2-6H,1H3;1-4H;1-4H,11-12H2;;1H4. The van der Waals surface area contributed by atoms with Crippen LogP contribution in [0.2, 0.25) is 0 Å². The molecular weight excluding hydrogens is 1380 g/mol. The maximum absolute atomic E-state index is 9.66. The van der Waals surface area contributed by atoms with Crippen LogP contribution in [0.4, 0.5) is 11.4 Å². The van der Waals surface area contributed by atoms with E-state index in [1.165, 1.54) is 0 Å². The van der Waals surface area contributed by atoms with E-state index < -0.39 is 9.39 Å². The highest BCUT2D eigenvalue weighted by atomic mass is 79.9. The fraction of sp³-hybridized carbons (Fsp3) is 0.0588. The second-order valence-corrected chi connectivity index (χ2v) is 20.1. The number of carbonyl (C=O) groups excluding carboxylic acids is 2. The van der Waals surface area contributed by atoms with Gasteiger partial charge < -0.3 is 11.5 Å². The second-order valence-electron chi connectivity index (χ2n) is 16.4. The van der Waals surface area contributed by atoms with E-state index in [2.05, 4.69) is 189 Å². The molecule has 0 bridgehead atoms. The van der Waals surface area contributed by atoms with Crippen LogP contribution < -0.4 is 11.5 Å². The maximum atomic E-state index is 9.66. The van der Waals surface area contributed by atoms with Gasteiger partial charge in [0, 0.05) is 137 Å². The zero-order valence-corrected chi connectivity index (χ0v) is 48.9. The summed E-state index contributed by atoms with van der Waals surface area (Å²) in [5.74, 6) is 0. The SMILES string of the molecule is Brc1nc2c3nccnc3c3nccnc3c2nc1Br.C.Cc1cnc2c3nccnc3c3nccnc3c2n1.Cc1nc2c3nccnc3c3nccnc3c2nc1Br.Nc1c(N)c2nccnc2c2nccnc12.O=C(Br)C(=O)Br. The van der Waals surface area contributed by atoms with Gasteiger partial charge in [0.15, 0.2) is 0 Å². The highest BCUT2D eigenvalue weighted by Crippen LogP contribution is 2.34. The third kappa shape index (κ3) is 10.7. The third-order valence-corrected chi connectivity index (χ3v) is 15.1. The van der Waals surface area contributed by atoms with E-state index in [0.717, 1.165) is 16.9 Å². The number of aryl methyl sites for hydroxylation is 2. The van der Waals surface area contributed by atoms with Crippen molar-refractivity contribution in [2.45, 2.75) is 21.3 Å². The summed E-state index contributed by atoms with van der Waals surface area (Å²) in [7, 11) is 0. The molecule has 0 fully saturated rings. The summed E-state index contributed by atoms with van der Waals surface area (Å²) >= 11 is 14.9. The minimum Gasteiger partial charge on any atom is -0.395 e. The Morgan fingerprint density at radius 2 is 0.488 bits per heavy atom. The molecule has 15 aromatic rings. The average Bonchev–Trinajstić information content (AvgIpc) is 3.68. The Morgan fingerprint density at radius 1 is 0.293 bits per heavy atom. The molecule has 0 aliphatic carbocycles. The van der Waals surface area contributed by atoms with Gasteiger partial charge in [-0.05, 0) is 61.6 Å². The summed E-state index contributed by atoms with van der Waals surface area (Å²) in [6.45, 7) is 3.79. The number of aromatic nitrogens is 22. The molecule has 0 aliphatic rings. The number of halogens is 5. The summed E-state index contributed by atoms with van der Waals surface area (Å²) < 4.78 is 0.616. The van der Waals surface area contributed by atoms with E-state index >= 15 is 0 Å². The van der Waals surface area contributed by atoms with Gasteiger partial charge in [-0.3, -0.25) is 94.3 Å².